The highest BCUT2D eigenvalue weighted by Gasteiger charge is 2.48. The number of carbonyl (C=O) groups excluding carboxylic acids is 2. The summed E-state index contributed by atoms with van der Waals surface area (Å²) in [7, 11) is 0. The van der Waals surface area contributed by atoms with Crippen LogP contribution in [0.2, 0.25) is 0 Å². The molecule has 0 spiro atoms. The van der Waals surface area contributed by atoms with E-state index < -0.39 is 0 Å². The Bertz CT molecular complexity index is 266. The Labute approximate surface area is 90.8 Å². The van der Waals surface area contributed by atoms with Gasteiger partial charge in [-0.15, -0.1) is 0 Å². The molecule has 2 aliphatic rings. The van der Waals surface area contributed by atoms with E-state index in [1.807, 2.05) is 0 Å². The van der Waals surface area contributed by atoms with Crippen molar-refractivity contribution in [2.75, 3.05) is 0 Å². The minimum absolute atomic E-state index is 0.0365. The number of hydrogen-bond donors (Lipinski definition) is 1. The van der Waals surface area contributed by atoms with Gasteiger partial charge in [-0.1, -0.05) is 29.5 Å². The second kappa shape index (κ2) is 3.22. The first-order chi connectivity index (χ1) is 6.11. The quantitative estimate of drug-likeness (QED) is 0.413. The molecule has 2 rings (SSSR count). The standard InChI is InChI=1S/C9H12INO2/c1-4-2-3-5-6(7(4)10)9(13)11-8(5)12/h4-7H,2-3H2,1H3,(H,11,12,13). The summed E-state index contributed by atoms with van der Waals surface area (Å²) in [4.78, 5) is 22.8. The summed E-state index contributed by atoms with van der Waals surface area (Å²) < 4.78 is 0.322. The molecule has 1 N–H and O–H groups in total. The van der Waals surface area contributed by atoms with E-state index in [-0.39, 0.29) is 23.7 Å². The maximum atomic E-state index is 11.4. The molecule has 1 aliphatic heterocycles. The Morgan fingerprint density at radius 2 is 2.00 bits per heavy atom. The second-order valence-electron chi connectivity index (χ2n) is 3.98. The van der Waals surface area contributed by atoms with Crippen LogP contribution in [0.3, 0.4) is 0 Å². The van der Waals surface area contributed by atoms with Gasteiger partial charge in [-0.2, -0.15) is 0 Å². The van der Waals surface area contributed by atoms with Gasteiger partial charge in [0.25, 0.3) is 0 Å². The Morgan fingerprint density at radius 1 is 1.31 bits per heavy atom. The van der Waals surface area contributed by atoms with Crippen LogP contribution in [0.1, 0.15) is 19.8 Å². The molecule has 1 heterocycles. The third-order valence-electron chi connectivity index (χ3n) is 3.14. The smallest absolute Gasteiger partial charge is 0.231 e. The number of amides is 2. The van der Waals surface area contributed by atoms with Gasteiger partial charge in [0.1, 0.15) is 0 Å². The van der Waals surface area contributed by atoms with Crippen molar-refractivity contribution >= 4 is 34.4 Å². The summed E-state index contributed by atoms with van der Waals surface area (Å²) in [6.45, 7) is 2.16. The van der Waals surface area contributed by atoms with Gasteiger partial charge < -0.3 is 0 Å². The van der Waals surface area contributed by atoms with E-state index in [1.54, 1.807) is 0 Å². The monoisotopic (exact) mass is 293 g/mol. The highest BCUT2D eigenvalue weighted by Crippen LogP contribution is 2.41. The summed E-state index contributed by atoms with van der Waals surface area (Å²) >= 11 is 2.31. The largest absolute Gasteiger partial charge is 0.296 e. The first-order valence-corrected chi connectivity index (χ1v) is 5.84. The molecule has 0 aromatic heterocycles. The molecule has 2 fully saturated rings. The fourth-order valence-corrected chi connectivity index (χ4v) is 3.46. The number of imide groups is 1. The van der Waals surface area contributed by atoms with E-state index >= 15 is 0 Å². The van der Waals surface area contributed by atoms with Crippen LogP contribution in [0.25, 0.3) is 0 Å². The Balaban J connectivity index is 2.25. The molecule has 1 saturated carbocycles. The molecular formula is C9H12INO2. The minimum atomic E-state index is -0.0585. The van der Waals surface area contributed by atoms with Crippen LogP contribution < -0.4 is 5.32 Å². The number of nitrogens with one attached hydrogen (secondary N) is 1. The van der Waals surface area contributed by atoms with Crippen LogP contribution in [0.15, 0.2) is 0 Å². The lowest BCUT2D eigenvalue weighted by atomic mass is 9.76. The second-order valence-corrected chi connectivity index (χ2v) is 5.42. The highest BCUT2D eigenvalue weighted by molar-refractivity contribution is 14.1. The molecule has 0 aromatic carbocycles. The molecular weight excluding hydrogens is 281 g/mol. The molecule has 0 bridgehead atoms. The van der Waals surface area contributed by atoms with Gasteiger partial charge in [0.15, 0.2) is 0 Å². The van der Waals surface area contributed by atoms with Gasteiger partial charge >= 0.3 is 0 Å². The number of halogens is 1. The third kappa shape index (κ3) is 1.39. The third-order valence-corrected chi connectivity index (χ3v) is 5.14. The van der Waals surface area contributed by atoms with Crippen molar-refractivity contribution in [3.8, 4) is 0 Å². The molecule has 3 nitrogen and oxygen atoms in total. The molecule has 72 valence electrons. The molecule has 2 amide bonds. The normalized spacial score (nSPS) is 44.5. The molecule has 1 aliphatic carbocycles. The first-order valence-electron chi connectivity index (χ1n) is 4.60. The molecule has 4 heteroatoms. The first kappa shape index (κ1) is 9.43. The lowest BCUT2D eigenvalue weighted by molar-refractivity contribution is -0.126. The van der Waals surface area contributed by atoms with Crippen LogP contribution in [0, 0.1) is 17.8 Å². The maximum absolute atomic E-state index is 11.4. The average molecular weight is 293 g/mol. The fraction of sp³-hybridized carbons (Fsp3) is 0.778. The minimum Gasteiger partial charge on any atom is -0.296 e. The lowest BCUT2D eigenvalue weighted by Gasteiger charge is -2.31. The topological polar surface area (TPSA) is 46.2 Å². The summed E-state index contributed by atoms with van der Waals surface area (Å²) in [5.41, 5.74) is 0. The van der Waals surface area contributed by atoms with E-state index in [4.69, 9.17) is 0 Å². The van der Waals surface area contributed by atoms with Gasteiger partial charge in [-0.3, -0.25) is 14.9 Å². The molecule has 4 unspecified atom stereocenters. The number of hydrogen-bond acceptors (Lipinski definition) is 2. The summed E-state index contributed by atoms with van der Waals surface area (Å²) in [6.07, 6.45) is 1.94. The number of carbonyl (C=O) groups is 2. The van der Waals surface area contributed by atoms with Crippen molar-refractivity contribution in [3.63, 3.8) is 0 Å². The van der Waals surface area contributed by atoms with Gasteiger partial charge in [0.2, 0.25) is 11.8 Å². The van der Waals surface area contributed by atoms with Gasteiger partial charge in [0, 0.05) is 3.92 Å². The summed E-state index contributed by atoms with van der Waals surface area (Å²) in [6, 6.07) is 0. The van der Waals surface area contributed by atoms with Crippen molar-refractivity contribution in [2.24, 2.45) is 17.8 Å². The van der Waals surface area contributed by atoms with Crippen molar-refractivity contribution in [2.45, 2.75) is 23.7 Å². The SMILES string of the molecule is CC1CCC2C(=O)NC(=O)C2C1I. The predicted octanol–water partition coefficient (Wildman–Crippen LogP) is 1.11. The summed E-state index contributed by atoms with van der Waals surface area (Å²) in [5, 5.41) is 2.43. The van der Waals surface area contributed by atoms with Gasteiger partial charge in [-0.05, 0) is 18.8 Å². The predicted molar refractivity (Wildman–Crippen MR) is 56.3 cm³/mol. The lowest BCUT2D eigenvalue weighted by Crippen LogP contribution is -2.36. The van der Waals surface area contributed by atoms with E-state index in [0.29, 0.717) is 9.84 Å². The van der Waals surface area contributed by atoms with Crippen LogP contribution in [-0.4, -0.2) is 15.7 Å². The van der Waals surface area contributed by atoms with Crippen molar-refractivity contribution in [1.29, 1.82) is 0 Å². The fourth-order valence-electron chi connectivity index (χ4n) is 2.28. The molecule has 0 aromatic rings. The Kier molecular flexibility index (Phi) is 2.33. The van der Waals surface area contributed by atoms with Crippen molar-refractivity contribution in [1.82, 2.24) is 5.32 Å². The average Bonchev–Trinajstić information content (AvgIpc) is 2.35. The molecule has 4 atom stereocenters. The zero-order valence-corrected chi connectivity index (χ0v) is 9.58. The molecule has 13 heavy (non-hydrogen) atoms. The Hall–Kier alpha value is -0.130. The van der Waals surface area contributed by atoms with Crippen LogP contribution >= 0.6 is 22.6 Å². The molecule has 1 saturated heterocycles. The van der Waals surface area contributed by atoms with Crippen molar-refractivity contribution < 1.29 is 9.59 Å². The van der Waals surface area contributed by atoms with E-state index in [0.717, 1.165) is 12.8 Å². The highest BCUT2D eigenvalue weighted by atomic mass is 127. The van der Waals surface area contributed by atoms with Gasteiger partial charge in [-0.25, -0.2) is 0 Å². The number of rotatable bonds is 0. The Morgan fingerprint density at radius 3 is 2.69 bits per heavy atom. The zero-order valence-electron chi connectivity index (χ0n) is 7.42. The molecule has 0 radical (unpaired) electrons. The number of alkyl halides is 1. The van der Waals surface area contributed by atoms with Crippen LogP contribution in [-0.2, 0) is 9.59 Å². The summed E-state index contributed by atoms with van der Waals surface area (Å²) in [5.74, 6) is 0.352. The van der Waals surface area contributed by atoms with Crippen molar-refractivity contribution in [3.05, 3.63) is 0 Å². The van der Waals surface area contributed by atoms with E-state index in [1.165, 1.54) is 0 Å². The maximum Gasteiger partial charge on any atom is 0.231 e. The van der Waals surface area contributed by atoms with Crippen LogP contribution in [0.4, 0.5) is 0 Å². The van der Waals surface area contributed by atoms with Crippen LogP contribution in [0.5, 0.6) is 0 Å². The van der Waals surface area contributed by atoms with E-state index in [9.17, 15) is 9.59 Å². The zero-order chi connectivity index (χ0) is 9.59. The van der Waals surface area contributed by atoms with E-state index in [2.05, 4.69) is 34.8 Å². The number of fused-ring (bicyclic) bond motifs is 1. The van der Waals surface area contributed by atoms with Gasteiger partial charge in [0.05, 0.1) is 11.8 Å².